The summed E-state index contributed by atoms with van der Waals surface area (Å²) in [4.78, 5) is 14.7. The van der Waals surface area contributed by atoms with Gasteiger partial charge in [0.05, 0.1) is 19.0 Å². The summed E-state index contributed by atoms with van der Waals surface area (Å²) in [5.41, 5.74) is 3.68. The number of hydrogen-bond donors (Lipinski definition) is 1. The molecule has 1 aromatic carbocycles. The molecule has 0 atom stereocenters. The zero-order valence-corrected chi connectivity index (χ0v) is 16.7. The summed E-state index contributed by atoms with van der Waals surface area (Å²) >= 11 is 1.47. The Morgan fingerprint density at radius 1 is 1.18 bits per heavy atom. The Labute approximate surface area is 168 Å². The van der Waals surface area contributed by atoms with Crippen LogP contribution in [0.4, 0.5) is 11.6 Å². The van der Waals surface area contributed by atoms with Gasteiger partial charge in [-0.3, -0.25) is 9.36 Å². The van der Waals surface area contributed by atoms with Crippen LogP contribution in [0.3, 0.4) is 0 Å². The van der Waals surface area contributed by atoms with E-state index in [-0.39, 0.29) is 5.91 Å². The fourth-order valence-electron chi connectivity index (χ4n) is 3.98. The van der Waals surface area contributed by atoms with Gasteiger partial charge in [0.2, 0.25) is 11.9 Å². The molecule has 148 valence electrons. The second-order valence-corrected chi connectivity index (χ2v) is 8.60. The van der Waals surface area contributed by atoms with Crippen LogP contribution in [-0.2, 0) is 22.4 Å². The minimum absolute atomic E-state index is 0.00113. The number of rotatable bonds is 6. The third kappa shape index (κ3) is 3.75. The standard InChI is InChI=1S/C20H25N5O2S/c26-18(21-16-5-4-14-2-1-3-15(14)12-16)13-28-20-23-22-19(25(20)17-6-7-17)24-8-10-27-11-9-24/h4-5,12,17H,1-3,6-11,13H2,(H,21,26). The Kier molecular flexibility index (Phi) is 4.98. The smallest absolute Gasteiger partial charge is 0.234 e. The van der Waals surface area contributed by atoms with Gasteiger partial charge in [0.1, 0.15) is 0 Å². The number of thioether (sulfide) groups is 1. The molecular formula is C20H25N5O2S. The van der Waals surface area contributed by atoms with Gasteiger partial charge in [-0.1, -0.05) is 17.8 Å². The summed E-state index contributed by atoms with van der Waals surface area (Å²) in [5.74, 6) is 1.26. The van der Waals surface area contributed by atoms with Gasteiger partial charge in [-0.25, -0.2) is 0 Å². The maximum Gasteiger partial charge on any atom is 0.234 e. The third-order valence-corrected chi connectivity index (χ3v) is 6.51. The first-order valence-electron chi connectivity index (χ1n) is 10.1. The van der Waals surface area contributed by atoms with E-state index in [0.717, 1.165) is 68.8 Å². The van der Waals surface area contributed by atoms with Gasteiger partial charge in [0.25, 0.3) is 0 Å². The number of carbonyl (C=O) groups excluding carboxylic acids is 1. The highest BCUT2D eigenvalue weighted by Gasteiger charge is 2.32. The predicted molar refractivity (Wildman–Crippen MR) is 109 cm³/mol. The summed E-state index contributed by atoms with van der Waals surface area (Å²) in [6.07, 6.45) is 5.80. The van der Waals surface area contributed by atoms with Crippen molar-refractivity contribution in [3.05, 3.63) is 29.3 Å². The maximum absolute atomic E-state index is 12.5. The van der Waals surface area contributed by atoms with Crippen molar-refractivity contribution in [1.82, 2.24) is 14.8 Å². The van der Waals surface area contributed by atoms with Crippen molar-refractivity contribution in [1.29, 1.82) is 0 Å². The van der Waals surface area contributed by atoms with E-state index in [2.05, 4.69) is 37.1 Å². The van der Waals surface area contributed by atoms with Crippen molar-refractivity contribution in [2.24, 2.45) is 0 Å². The lowest BCUT2D eigenvalue weighted by Gasteiger charge is -2.27. The van der Waals surface area contributed by atoms with Crippen LogP contribution < -0.4 is 10.2 Å². The number of carbonyl (C=O) groups is 1. The second kappa shape index (κ2) is 7.75. The molecule has 2 aliphatic carbocycles. The molecular weight excluding hydrogens is 374 g/mol. The first-order chi connectivity index (χ1) is 13.8. The minimum atomic E-state index is 0.00113. The molecule has 5 rings (SSSR count). The van der Waals surface area contributed by atoms with Crippen molar-refractivity contribution in [2.75, 3.05) is 42.3 Å². The van der Waals surface area contributed by atoms with Crippen molar-refractivity contribution >= 4 is 29.3 Å². The lowest BCUT2D eigenvalue weighted by molar-refractivity contribution is -0.113. The molecule has 3 aliphatic rings. The lowest BCUT2D eigenvalue weighted by Crippen LogP contribution is -2.38. The molecule has 8 heteroatoms. The molecule has 1 aliphatic heterocycles. The molecule has 0 radical (unpaired) electrons. The summed E-state index contributed by atoms with van der Waals surface area (Å²) in [5, 5.41) is 12.7. The van der Waals surface area contributed by atoms with Crippen molar-refractivity contribution in [3.63, 3.8) is 0 Å². The summed E-state index contributed by atoms with van der Waals surface area (Å²) in [7, 11) is 0. The quantitative estimate of drug-likeness (QED) is 0.753. The van der Waals surface area contributed by atoms with Crippen LogP contribution in [0.15, 0.2) is 23.4 Å². The highest BCUT2D eigenvalue weighted by Crippen LogP contribution is 2.41. The molecule has 2 fully saturated rings. The van der Waals surface area contributed by atoms with Crippen molar-refractivity contribution in [2.45, 2.75) is 43.3 Å². The molecule has 0 bridgehead atoms. The van der Waals surface area contributed by atoms with E-state index in [1.807, 2.05) is 6.07 Å². The molecule has 1 amide bonds. The number of ether oxygens (including phenoxy) is 1. The number of benzene rings is 1. The Morgan fingerprint density at radius 2 is 2.00 bits per heavy atom. The summed E-state index contributed by atoms with van der Waals surface area (Å²) < 4.78 is 7.67. The van der Waals surface area contributed by atoms with E-state index in [1.165, 1.54) is 29.3 Å². The van der Waals surface area contributed by atoms with Crippen LogP contribution in [0.2, 0.25) is 0 Å². The molecule has 7 nitrogen and oxygen atoms in total. The largest absolute Gasteiger partial charge is 0.378 e. The highest BCUT2D eigenvalue weighted by molar-refractivity contribution is 7.99. The Morgan fingerprint density at radius 3 is 2.82 bits per heavy atom. The van der Waals surface area contributed by atoms with E-state index in [9.17, 15) is 4.79 Å². The number of aryl methyl sites for hydroxylation is 2. The van der Waals surface area contributed by atoms with Gasteiger partial charge in [-0.15, -0.1) is 10.2 Å². The second-order valence-electron chi connectivity index (χ2n) is 7.66. The Bertz CT molecular complexity index is 873. The monoisotopic (exact) mass is 399 g/mol. The summed E-state index contributed by atoms with van der Waals surface area (Å²) in [6, 6.07) is 6.74. The number of amides is 1. The lowest BCUT2D eigenvalue weighted by atomic mass is 10.1. The topological polar surface area (TPSA) is 72.3 Å². The molecule has 0 unspecified atom stereocenters. The molecule has 2 heterocycles. The molecule has 28 heavy (non-hydrogen) atoms. The Balaban J connectivity index is 1.24. The number of nitrogens with zero attached hydrogens (tertiary/aromatic N) is 4. The predicted octanol–water partition coefficient (Wildman–Crippen LogP) is 2.67. The number of morpholine rings is 1. The van der Waals surface area contributed by atoms with Crippen molar-refractivity contribution < 1.29 is 9.53 Å². The number of fused-ring (bicyclic) bond motifs is 1. The zero-order valence-electron chi connectivity index (χ0n) is 15.9. The van der Waals surface area contributed by atoms with Crippen LogP contribution in [0.5, 0.6) is 0 Å². The van der Waals surface area contributed by atoms with Gasteiger partial charge < -0.3 is 15.0 Å². The van der Waals surface area contributed by atoms with Gasteiger partial charge in [-0.05, 0) is 55.4 Å². The van der Waals surface area contributed by atoms with Crippen LogP contribution in [0, 0.1) is 0 Å². The first-order valence-corrected chi connectivity index (χ1v) is 11.1. The van der Waals surface area contributed by atoms with E-state index in [4.69, 9.17) is 4.74 Å². The van der Waals surface area contributed by atoms with E-state index in [1.54, 1.807) is 0 Å². The molecule has 1 aromatic heterocycles. The minimum Gasteiger partial charge on any atom is -0.378 e. The van der Waals surface area contributed by atoms with Crippen LogP contribution in [0.1, 0.15) is 36.4 Å². The normalized spacial score (nSPS) is 18.9. The number of nitrogens with one attached hydrogen (secondary N) is 1. The van der Waals surface area contributed by atoms with Crippen LogP contribution >= 0.6 is 11.8 Å². The molecule has 0 spiro atoms. The van der Waals surface area contributed by atoms with Gasteiger partial charge >= 0.3 is 0 Å². The summed E-state index contributed by atoms with van der Waals surface area (Å²) in [6.45, 7) is 3.13. The van der Waals surface area contributed by atoms with E-state index >= 15 is 0 Å². The van der Waals surface area contributed by atoms with Gasteiger partial charge in [0, 0.05) is 24.8 Å². The fraction of sp³-hybridized carbons (Fsp3) is 0.550. The maximum atomic E-state index is 12.5. The third-order valence-electron chi connectivity index (χ3n) is 5.57. The molecule has 1 saturated heterocycles. The number of aromatic nitrogens is 3. The molecule has 2 aromatic rings. The molecule has 1 N–H and O–H groups in total. The average molecular weight is 400 g/mol. The van der Waals surface area contributed by atoms with Crippen LogP contribution in [0.25, 0.3) is 0 Å². The van der Waals surface area contributed by atoms with Crippen molar-refractivity contribution in [3.8, 4) is 0 Å². The molecule has 1 saturated carbocycles. The van der Waals surface area contributed by atoms with E-state index in [0.29, 0.717) is 11.8 Å². The zero-order chi connectivity index (χ0) is 18.9. The first kappa shape index (κ1) is 18.0. The van der Waals surface area contributed by atoms with Crippen LogP contribution in [-0.4, -0.2) is 52.7 Å². The number of anilines is 2. The SMILES string of the molecule is O=C(CSc1nnc(N2CCOCC2)n1C1CC1)Nc1ccc2c(c1)CCC2. The Hall–Kier alpha value is -2.06. The van der Waals surface area contributed by atoms with E-state index < -0.39 is 0 Å². The highest BCUT2D eigenvalue weighted by atomic mass is 32.2. The number of hydrogen-bond acceptors (Lipinski definition) is 6. The van der Waals surface area contributed by atoms with Gasteiger partial charge in [0.15, 0.2) is 5.16 Å². The van der Waals surface area contributed by atoms with Gasteiger partial charge in [-0.2, -0.15) is 0 Å². The average Bonchev–Trinajstić information content (AvgIpc) is 3.29. The fourth-order valence-corrected chi connectivity index (χ4v) is 4.78.